The molecule has 0 aromatic heterocycles. The van der Waals surface area contributed by atoms with Gasteiger partial charge in [0.1, 0.15) is 0 Å². The fourth-order valence-electron chi connectivity index (χ4n) is 2.63. The lowest BCUT2D eigenvalue weighted by molar-refractivity contribution is 0.458. The summed E-state index contributed by atoms with van der Waals surface area (Å²) in [6.07, 6.45) is 9.38. The Morgan fingerprint density at radius 2 is 1.81 bits per heavy atom. The lowest BCUT2D eigenvalue weighted by Gasteiger charge is -2.15. The fourth-order valence-corrected chi connectivity index (χ4v) is 2.82. The highest BCUT2D eigenvalue weighted by Crippen LogP contribution is 2.28. The average Bonchev–Trinajstić information content (AvgIpc) is 2.52. The largest absolute Gasteiger partial charge is 0.399 e. The lowest BCUT2D eigenvalue weighted by Crippen LogP contribution is -2.05. The summed E-state index contributed by atoms with van der Waals surface area (Å²) in [6.45, 7) is 0. The van der Waals surface area contributed by atoms with Gasteiger partial charge in [0.25, 0.3) is 0 Å². The summed E-state index contributed by atoms with van der Waals surface area (Å²) in [4.78, 5) is 0. The average molecular weight is 238 g/mol. The van der Waals surface area contributed by atoms with Crippen LogP contribution in [-0.4, -0.2) is 0 Å². The summed E-state index contributed by atoms with van der Waals surface area (Å²) in [5.41, 5.74) is 8.12. The van der Waals surface area contributed by atoms with Crippen LogP contribution in [0.1, 0.15) is 44.1 Å². The molecule has 1 saturated carbocycles. The molecule has 0 saturated heterocycles. The third-order valence-corrected chi connectivity index (χ3v) is 3.82. The molecule has 0 bridgehead atoms. The van der Waals surface area contributed by atoms with E-state index in [1.165, 1.54) is 44.1 Å². The molecular formula is C14H20ClN. The van der Waals surface area contributed by atoms with Crippen molar-refractivity contribution in [1.29, 1.82) is 0 Å². The zero-order valence-corrected chi connectivity index (χ0v) is 10.5. The highest BCUT2D eigenvalue weighted by molar-refractivity contribution is 6.30. The smallest absolute Gasteiger partial charge is 0.0410 e. The zero-order valence-electron chi connectivity index (χ0n) is 9.71. The number of hydrogen-bond donors (Lipinski definition) is 1. The van der Waals surface area contributed by atoms with Crippen LogP contribution in [0.3, 0.4) is 0 Å². The van der Waals surface area contributed by atoms with Gasteiger partial charge in [0.15, 0.2) is 0 Å². The first-order valence-corrected chi connectivity index (χ1v) is 6.67. The van der Waals surface area contributed by atoms with Gasteiger partial charge in [0, 0.05) is 10.7 Å². The van der Waals surface area contributed by atoms with Crippen molar-refractivity contribution < 1.29 is 0 Å². The van der Waals surface area contributed by atoms with Gasteiger partial charge >= 0.3 is 0 Å². The number of halogens is 1. The number of hydrogen-bond acceptors (Lipinski definition) is 1. The van der Waals surface area contributed by atoms with Crippen LogP contribution < -0.4 is 5.73 Å². The van der Waals surface area contributed by atoms with E-state index in [1.54, 1.807) is 0 Å². The number of rotatable bonds is 2. The quantitative estimate of drug-likeness (QED) is 0.598. The van der Waals surface area contributed by atoms with Crippen molar-refractivity contribution in [2.45, 2.75) is 44.9 Å². The number of nitrogens with two attached hydrogens (primary N) is 1. The van der Waals surface area contributed by atoms with Crippen LogP contribution in [0.4, 0.5) is 5.69 Å². The summed E-state index contributed by atoms with van der Waals surface area (Å²) in [6, 6.07) is 5.82. The molecule has 0 amide bonds. The van der Waals surface area contributed by atoms with Crippen molar-refractivity contribution in [2.24, 2.45) is 5.92 Å². The van der Waals surface area contributed by atoms with E-state index >= 15 is 0 Å². The van der Waals surface area contributed by atoms with Gasteiger partial charge in [-0.05, 0) is 36.1 Å². The van der Waals surface area contributed by atoms with E-state index in [2.05, 4.69) is 0 Å². The predicted octanol–water partition coefficient (Wildman–Crippen LogP) is 4.44. The molecule has 16 heavy (non-hydrogen) atoms. The first-order chi connectivity index (χ1) is 7.75. The molecule has 1 aliphatic carbocycles. The van der Waals surface area contributed by atoms with E-state index in [0.717, 1.165) is 23.0 Å². The van der Waals surface area contributed by atoms with Crippen LogP contribution in [-0.2, 0) is 6.42 Å². The highest BCUT2D eigenvalue weighted by Gasteiger charge is 2.14. The van der Waals surface area contributed by atoms with Crippen LogP contribution >= 0.6 is 11.6 Å². The first kappa shape index (κ1) is 11.8. The molecule has 0 atom stereocenters. The van der Waals surface area contributed by atoms with Gasteiger partial charge < -0.3 is 5.73 Å². The van der Waals surface area contributed by atoms with Crippen LogP contribution in [0.2, 0.25) is 5.02 Å². The summed E-state index contributed by atoms with van der Waals surface area (Å²) in [7, 11) is 0. The summed E-state index contributed by atoms with van der Waals surface area (Å²) >= 11 is 6.01. The van der Waals surface area contributed by atoms with Gasteiger partial charge in [0.2, 0.25) is 0 Å². The van der Waals surface area contributed by atoms with Gasteiger partial charge in [-0.2, -0.15) is 0 Å². The van der Waals surface area contributed by atoms with Crippen molar-refractivity contribution in [2.75, 3.05) is 5.73 Å². The van der Waals surface area contributed by atoms with Gasteiger partial charge in [-0.1, -0.05) is 50.1 Å². The minimum atomic E-state index is 0.804. The molecule has 0 heterocycles. The second-order valence-electron chi connectivity index (χ2n) is 4.90. The normalized spacial score (nSPS) is 18.3. The maximum Gasteiger partial charge on any atom is 0.0410 e. The third kappa shape index (κ3) is 3.15. The van der Waals surface area contributed by atoms with Crippen LogP contribution in [0, 0.1) is 5.92 Å². The molecular weight excluding hydrogens is 218 g/mol. The molecule has 1 aromatic rings. The van der Waals surface area contributed by atoms with Gasteiger partial charge in [-0.15, -0.1) is 0 Å². The molecule has 0 aliphatic heterocycles. The molecule has 0 unspecified atom stereocenters. The Morgan fingerprint density at radius 3 is 2.50 bits per heavy atom. The van der Waals surface area contributed by atoms with E-state index in [-0.39, 0.29) is 0 Å². The minimum Gasteiger partial charge on any atom is -0.399 e. The number of nitrogen functional groups attached to an aromatic ring is 1. The van der Waals surface area contributed by atoms with Gasteiger partial charge in [-0.25, -0.2) is 0 Å². The Kier molecular flexibility index (Phi) is 4.11. The van der Waals surface area contributed by atoms with E-state index < -0.39 is 0 Å². The Morgan fingerprint density at radius 1 is 1.12 bits per heavy atom. The van der Waals surface area contributed by atoms with Crippen molar-refractivity contribution in [3.8, 4) is 0 Å². The maximum absolute atomic E-state index is 6.01. The Bertz CT molecular complexity index is 341. The fraction of sp³-hybridized carbons (Fsp3) is 0.571. The topological polar surface area (TPSA) is 26.0 Å². The van der Waals surface area contributed by atoms with Crippen LogP contribution in [0.25, 0.3) is 0 Å². The standard InChI is InChI=1S/C14H20ClN/c15-13-7-8-14(16)12(10-13)9-11-5-3-1-2-4-6-11/h7-8,10-11H,1-6,9,16H2. The summed E-state index contributed by atoms with van der Waals surface area (Å²) < 4.78 is 0. The lowest BCUT2D eigenvalue weighted by atomic mass is 9.92. The minimum absolute atomic E-state index is 0.804. The predicted molar refractivity (Wildman–Crippen MR) is 70.8 cm³/mol. The Hall–Kier alpha value is -0.690. The van der Waals surface area contributed by atoms with E-state index in [4.69, 9.17) is 17.3 Å². The number of anilines is 1. The van der Waals surface area contributed by atoms with E-state index in [9.17, 15) is 0 Å². The van der Waals surface area contributed by atoms with E-state index in [1.807, 2.05) is 18.2 Å². The zero-order chi connectivity index (χ0) is 11.4. The molecule has 1 nitrogen and oxygen atoms in total. The third-order valence-electron chi connectivity index (χ3n) is 3.59. The summed E-state index contributed by atoms with van der Waals surface area (Å²) in [5, 5.41) is 0.804. The molecule has 1 aliphatic rings. The molecule has 1 aromatic carbocycles. The van der Waals surface area contributed by atoms with Crippen LogP contribution in [0.5, 0.6) is 0 Å². The van der Waals surface area contributed by atoms with Gasteiger partial charge in [-0.3, -0.25) is 0 Å². The first-order valence-electron chi connectivity index (χ1n) is 6.29. The molecule has 0 spiro atoms. The molecule has 1 fully saturated rings. The van der Waals surface area contributed by atoms with Crippen molar-refractivity contribution in [3.05, 3.63) is 28.8 Å². The Labute approximate surface area is 103 Å². The van der Waals surface area contributed by atoms with Crippen molar-refractivity contribution in [1.82, 2.24) is 0 Å². The second kappa shape index (κ2) is 5.58. The van der Waals surface area contributed by atoms with E-state index in [0.29, 0.717) is 0 Å². The monoisotopic (exact) mass is 237 g/mol. The van der Waals surface area contributed by atoms with Crippen LogP contribution in [0.15, 0.2) is 18.2 Å². The molecule has 2 rings (SSSR count). The molecule has 0 radical (unpaired) electrons. The second-order valence-corrected chi connectivity index (χ2v) is 5.34. The van der Waals surface area contributed by atoms with Crippen molar-refractivity contribution >= 4 is 17.3 Å². The molecule has 2 N–H and O–H groups in total. The number of benzene rings is 1. The Balaban J connectivity index is 2.04. The molecule has 2 heteroatoms. The highest BCUT2D eigenvalue weighted by atomic mass is 35.5. The maximum atomic E-state index is 6.01. The SMILES string of the molecule is Nc1ccc(Cl)cc1CC1CCCCCC1. The summed E-state index contributed by atoms with van der Waals surface area (Å²) in [5.74, 6) is 0.809. The van der Waals surface area contributed by atoms with Crippen molar-refractivity contribution in [3.63, 3.8) is 0 Å². The molecule has 88 valence electrons. The van der Waals surface area contributed by atoms with Gasteiger partial charge in [0.05, 0.1) is 0 Å².